The molecule has 0 unspecified atom stereocenters. The fourth-order valence-corrected chi connectivity index (χ4v) is 2.62. The van der Waals surface area contributed by atoms with Crippen molar-refractivity contribution < 1.29 is 0 Å². The van der Waals surface area contributed by atoms with Gasteiger partial charge in [-0.15, -0.1) is 12.4 Å². The molecule has 0 spiro atoms. The summed E-state index contributed by atoms with van der Waals surface area (Å²) in [5.74, 6) is 0. The van der Waals surface area contributed by atoms with Crippen molar-refractivity contribution in [3.8, 4) is 0 Å². The van der Waals surface area contributed by atoms with Crippen molar-refractivity contribution in [2.75, 3.05) is 6.54 Å². The maximum Gasteiger partial charge on any atom is 0.0465 e. The van der Waals surface area contributed by atoms with Gasteiger partial charge in [0.1, 0.15) is 0 Å². The Morgan fingerprint density at radius 2 is 1.89 bits per heavy atom. The molecule has 94 valence electrons. The van der Waals surface area contributed by atoms with Crippen LogP contribution in [-0.2, 0) is 6.42 Å². The van der Waals surface area contributed by atoms with Crippen LogP contribution >= 0.6 is 12.4 Å². The highest BCUT2D eigenvalue weighted by Gasteiger charge is 2.10. The first kappa shape index (κ1) is 12.9. The van der Waals surface area contributed by atoms with Gasteiger partial charge in [0, 0.05) is 16.6 Å². The van der Waals surface area contributed by atoms with Crippen molar-refractivity contribution in [3.05, 3.63) is 47.7 Å². The molecule has 0 saturated carbocycles. The lowest BCUT2D eigenvalue weighted by Crippen LogP contribution is -2.03. The van der Waals surface area contributed by atoms with Crippen molar-refractivity contribution in [2.45, 2.75) is 13.3 Å². The van der Waals surface area contributed by atoms with Crippen LogP contribution in [0.1, 0.15) is 11.3 Å². The minimum Gasteiger partial charge on any atom is -0.358 e. The average molecular weight is 261 g/mol. The molecule has 18 heavy (non-hydrogen) atoms. The smallest absolute Gasteiger partial charge is 0.0465 e. The van der Waals surface area contributed by atoms with E-state index in [1.54, 1.807) is 0 Å². The van der Waals surface area contributed by atoms with Gasteiger partial charge in [0.2, 0.25) is 0 Å². The number of hydrogen-bond donors (Lipinski definition) is 2. The fourth-order valence-electron chi connectivity index (χ4n) is 2.62. The number of halogens is 1. The molecule has 3 rings (SSSR count). The molecule has 0 aliphatic heterocycles. The van der Waals surface area contributed by atoms with Gasteiger partial charge in [0.25, 0.3) is 0 Å². The van der Waals surface area contributed by atoms with Crippen molar-refractivity contribution in [3.63, 3.8) is 0 Å². The van der Waals surface area contributed by atoms with Gasteiger partial charge in [-0.2, -0.15) is 0 Å². The number of nitrogens with two attached hydrogens (primary N) is 1. The zero-order valence-corrected chi connectivity index (χ0v) is 11.2. The highest BCUT2D eigenvalue weighted by atomic mass is 35.5. The molecule has 0 aliphatic carbocycles. The molecule has 0 fully saturated rings. The van der Waals surface area contributed by atoms with E-state index in [-0.39, 0.29) is 12.4 Å². The first-order valence-corrected chi connectivity index (χ1v) is 6.00. The molecule has 3 heteroatoms. The van der Waals surface area contributed by atoms with Crippen molar-refractivity contribution >= 4 is 34.1 Å². The monoisotopic (exact) mass is 260 g/mol. The van der Waals surface area contributed by atoms with Crippen LogP contribution in [0, 0.1) is 6.92 Å². The molecular formula is C15H17ClN2. The third kappa shape index (κ3) is 1.88. The van der Waals surface area contributed by atoms with E-state index in [0.29, 0.717) is 6.54 Å². The van der Waals surface area contributed by atoms with Gasteiger partial charge in [-0.3, -0.25) is 0 Å². The number of hydrogen-bond acceptors (Lipinski definition) is 1. The molecule has 1 heterocycles. The van der Waals surface area contributed by atoms with Crippen LogP contribution in [0.15, 0.2) is 36.4 Å². The highest BCUT2D eigenvalue weighted by molar-refractivity contribution is 6.08. The molecule has 2 nitrogen and oxygen atoms in total. The van der Waals surface area contributed by atoms with Crippen LogP contribution in [0.25, 0.3) is 21.7 Å². The van der Waals surface area contributed by atoms with E-state index in [1.165, 1.54) is 32.9 Å². The van der Waals surface area contributed by atoms with E-state index in [0.717, 1.165) is 6.42 Å². The van der Waals surface area contributed by atoms with Crippen LogP contribution in [0.5, 0.6) is 0 Å². The summed E-state index contributed by atoms with van der Waals surface area (Å²) in [7, 11) is 0. The Morgan fingerprint density at radius 3 is 2.67 bits per heavy atom. The van der Waals surface area contributed by atoms with E-state index in [9.17, 15) is 0 Å². The van der Waals surface area contributed by atoms with Crippen LogP contribution < -0.4 is 5.73 Å². The second-order valence-electron chi connectivity index (χ2n) is 4.48. The molecule has 2 aromatic carbocycles. The molecule has 1 aromatic heterocycles. The summed E-state index contributed by atoms with van der Waals surface area (Å²) in [6.45, 7) is 2.82. The number of aryl methyl sites for hydroxylation is 1. The summed E-state index contributed by atoms with van der Waals surface area (Å²) in [5.41, 5.74) is 9.52. The molecule has 0 aliphatic rings. The Kier molecular flexibility index (Phi) is 3.60. The predicted molar refractivity (Wildman–Crippen MR) is 80.5 cm³/mol. The first-order valence-electron chi connectivity index (χ1n) is 6.00. The maximum atomic E-state index is 5.71. The largest absolute Gasteiger partial charge is 0.358 e. The van der Waals surface area contributed by atoms with E-state index in [1.807, 2.05) is 0 Å². The van der Waals surface area contributed by atoms with Gasteiger partial charge in [-0.1, -0.05) is 30.3 Å². The first-order chi connectivity index (χ1) is 8.31. The summed E-state index contributed by atoms with van der Waals surface area (Å²) in [4.78, 5) is 3.45. The number of aromatic nitrogens is 1. The zero-order chi connectivity index (χ0) is 11.8. The summed E-state index contributed by atoms with van der Waals surface area (Å²) in [5, 5.41) is 3.95. The maximum absolute atomic E-state index is 5.71. The molecule has 3 N–H and O–H groups in total. The lowest BCUT2D eigenvalue weighted by atomic mass is 10.0. The van der Waals surface area contributed by atoms with Crippen LogP contribution in [0.4, 0.5) is 0 Å². The molecular weight excluding hydrogens is 244 g/mol. The second kappa shape index (κ2) is 5.01. The summed E-state index contributed by atoms with van der Waals surface area (Å²) in [6.07, 6.45) is 0.930. The summed E-state index contributed by atoms with van der Waals surface area (Å²) >= 11 is 0. The number of rotatable bonds is 2. The molecule has 0 saturated heterocycles. The molecule has 0 bridgehead atoms. The highest BCUT2D eigenvalue weighted by Crippen LogP contribution is 2.30. The zero-order valence-electron chi connectivity index (χ0n) is 10.4. The lowest BCUT2D eigenvalue weighted by molar-refractivity contribution is 0.963. The van der Waals surface area contributed by atoms with E-state index in [4.69, 9.17) is 5.73 Å². The Labute approximate surface area is 113 Å². The minimum absolute atomic E-state index is 0. The summed E-state index contributed by atoms with van der Waals surface area (Å²) < 4.78 is 0. The predicted octanol–water partition coefficient (Wildman–Crippen LogP) is 3.55. The van der Waals surface area contributed by atoms with Crippen molar-refractivity contribution in [1.29, 1.82) is 0 Å². The molecule has 3 aromatic rings. The quantitative estimate of drug-likeness (QED) is 0.727. The third-order valence-electron chi connectivity index (χ3n) is 3.40. The Hall–Kier alpha value is -1.51. The molecule has 0 amide bonds. The Bertz CT molecular complexity index is 685. The van der Waals surface area contributed by atoms with Crippen LogP contribution in [0.2, 0.25) is 0 Å². The average Bonchev–Trinajstić information content (AvgIpc) is 2.67. The Morgan fingerprint density at radius 1 is 1.11 bits per heavy atom. The number of nitrogens with one attached hydrogen (secondary N) is 1. The second-order valence-corrected chi connectivity index (χ2v) is 4.48. The fraction of sp³-hybridized carbons (Fsp3) is 0.200. The SMILES string of the molecule is Cc1[nH]c2ccc3ccccc3c2c1CCN.Cl. The Balaban J connectivity index is 0.00000120. The lowest BCUT2D eigenvalue weighted by Gasteiger charge is -2.03. The van der Waals surface area contributed by atoms with Crippen LogP contribution in [-0.4, -0.2) is 11.5 Å². The van der Waals surface area contributed by atoms with Gasteiger partial charge < -0.3 is 10.7 Å². The van der Waals surface area contributed by atoms with Crippen molar-refractivity contribution in [1.82, 2.24) is 4.98 Å². The van der Waals surface area contributed by atoms with Gasteiger partial charge in [-0.25, -0.2) is 0 Å². The van der Waals surface area contributed by atoms with E-state index in [2.05, 4.69) is 48.3 Å². The standard InChI is InChI=1S/C15H16N2.ClH/c1-10-12(8-9-16)15-13-5-3-2-4-11(13)6-7-14(15)17-10;/h2-7,17H,8-9,16H2,1H3;1H. The van der Waals surface area contributed by atoms with Crippen molar-refractivity contribution in [2.24, 2.45) is 5.73 Å². The third-order valence-corrected chi connectivity index (χ3v) is 3.40. The van der Waals surface area contributed by atoms with Crippen LogP contribution in [0.3, 0.4) is 0 Å². The number of aromatic amines is 1. The summed E-state index contributed by atoms with van der Waals surface area (Å²) in [6, 6.07) is 12.8. The topological polar surface area (TPSA) is 41.8 Å². The van der Waals surface area contributed by atoms with Gasteiger partial charge >= 0.3 is 0 Å². The normalized spacial score (nSPS) is 10.8. The number of fused-ring (bicyclic) bond motifs is 3. The molecule has 0 radical (unpaired) electrons. The van der Waals surface area contributed by atoms with E-state index < -0.39 is 0 Å². The number of benzene rings is 2. The van der Waals surface area contributed by atoms with Gasteiger partial charge in [-0.05, 0) is 42.3 Å². The minimum atomic E-state index is 0. The number of H-pyrrole nitrogens is 1. The van der Waals surface area contributed by atoms with Gasteiger partial charge in [0.15, 0.2) is 0 Å². The van der Waals surface area contributed by atoms with Gasteiger partial charge in [0.05, 0.1) is 0 Å². The molecule has 0 atom stereocenters. The van der Waals surface area contributed by atoms with E-state index >= 15 is 0 Å².